The number of alkyl carbamates (subject to hydrolysis) is 1. The van der Waals surface area contributed by atoms with Crippen LogP contribution in [0.4, 0.5) is 4.79 Å². The van der Waals surface area contributed by atoms with Gasteiger partial charge in [-0.05, 0) is 137 Å². The lowest BCUT2D eigenvalue weighted by Crippen LogP contribution is -2.34. The van der Waals surface area contributed by atoms with E-state index in [1.807, 2.05) is 24.3 Å². The molecule has 11 heteroatoms. The summed E-state index contributed by atoms with van der Waals surface area (Å²) in [7, 11) is 7.70. The Hall–Kier alpha value is -5.26. The molecule has 0 saturated heterocycles. The third kappa shape index (κ3) is 8.44. The zero-order valence-corrected chi connectivity index (χ0v) is 33.7. The molecule has 0 radical (unpaired) electrons. The minimum Gasteiger partial charge on any atom is -0.493 e. The molecule has 0 saturated carbocycles. The lowest BCUT2D eigenvalue weighted by molar-refractivity contribution is -0.134. The SMILES string of the molecule is COc1cc2c3cc1Oc1c(OC)c(C)cc4c1[C@@H](Cc1ccc(OC(=O)CCNC(=O)OC(C)(C)C)c(c1)Oc1ccc(cc1)C[C@@H]3N(C)CC2)N(C)CC4. The van der Waals surface area contributed by atoms with Crippen molar-refractivity contribution in [3.8, 4) is 40.2 Å². The number of ether oxygens (including phenoxy) is 6. The van der Waals surface area contributed by atoms with Gasteiger partial charge in [0.25, 0.3) is 0 Å². The number of esters is 1. The molecule has 4 aliphatic heterocycles. The maximum absolute atomic E-state index is 13.1. The van der Waals surface area contributed by atoms with Crippen LogP contribution in [0.2, 0.25) is 0 Å². The van der Waals surface area contributed by atoms with Gasteiger partial charge in [0, 0.05) is 37.3 Å². The standard InChI is InChI=1S/C45H53N3O8/c1-27-21-31-17-20-48(6)35-23-29-11-14-36(54-40(49)15-18-46-44(50)56-45(2,3)4)38(24-29)53-32-12-9-28(10-13-32)22-34-33-26-39(55-43(41(31)35)42(27)52-8)37(51-7)25-30(33)16-19-47(34)5/h9-14,21,24-26,34-35H,15-20,22-23H2,1-8H3,(H,46,50)/t34-,35+/m0/s1. The molecule has 6 bridgehead atoms. The van der Waals surface area contributed by atoms with Gasteiger partial charge < -0.3 is 33.7 Å². The van der Waals surface area contributed by atoms with Gasteiger partial charge in [0.15, 0.2) is 34.5 Å². The highest BCUT2D eigenvalue weighted by molar-refractivity contribution is 5.75. The van der Waals surface area contributed by atoms with Crippen molar-refractivity contribution in [2.75, 3.05) is 47.9 Å². The topological polar surface area (TPSA) is 108 Å². The second kappa shape index (κ2) is 16.1. The number of hydrogen-bond donors (Lipinski definition) is 1. The van der Waals surface area contributed by atoms with E-state index in [9.17, 15) is 9.59 Å². The number of fused-ring (bicyclic) bond motifs is 2. The van der Waals surface area contributed by atoms with Crippen LogP contribution in [0.15, 0.2) is 60.7 Å². The average molecular weight is 764 g/mol. The van der Waals surface area contributed by atoms with Crippen LogP contribution in [-0.4, -0.2) is 75.4 Å². The number of methoxy groups -OCH3 is 2. The number of rotatable bonds is 6. The summed E-state index contributed by atoms with van der Waals surface area (Å²) in [6.45, 7) is 9.27. The molecule has 0 aliphatic carbocycles. The largest absolute Gasteiger partial charge is 0.493 e. The summed E-state index contributed by atoms with van der Waals surface area (Å²) in [6.07, 6.45) is 2.52. The molecule has 11 nitrogen and oxygen atoms in total. The number of likely N-dealkylation sites (N-methyl/N-ethyl adjacent to an activating group) is 2. The zero-order chi connectivity index (χ0) is 39.7. The Kier molecular flexibility index (Phi) is 11.2. The van der Waals surface area contributed by atoms with E-state index < -0.39 is 17.7 Å². The van der Waals surface area contributed by atoms with Crippen molar-refractivity contribution in [1.82, 2.24) is 15.1 Å². The van der Waals surface area contributed by atoms with E-state index in [0.717, 1.165) is 54.6 Å². The Morgan fingerprint density at radius 3 is 2.20 bits per heavy atom. The highest BCUT2D eigenvalue weighted by Crippen LogP contribution is 2.50. The van der Waals surface area contributed by atoms with Crippen LogP contribution < -0.4 is 29.0 Å². The van der Waals surface area contributed by atoms with Gasteiger partial charge in [-0.3, -0.25) is 14.6 Å². The Balaban J connectivity index is 1.30. The Labute approximate surface area is 329 Å². The Morgan fingerprint density at radius 2 is 1.48 bits per heavy atom. The fourth-order valence-electron chi connectivity index (χ4n) is 8.02. The smallest absolute Gasteiger partial charge is 0.407 e. The molecule has 4 aromatic carbocycles. The Bertz CT molecular complexity index is 2110. The lowest BCUT2D eigenvalue weighted by Gasteiger charge is -2.37. The number of hydrogen-bond acceptors (Lipinski definition) is 10. The first kappa shape index (κ1) is 39.0. The van der Waals surface area contributed by atoms with Gasteiger partial charge >= 0.3 is 12.1 Å². The number of nitrogens with one attached hydrogen (secondary N) is 1. The van der Waals surface area contributed by atoms with Crippen LogP contribution in [0.1, 0.15) is 78.2 Å². The van der Waals surface area contributed by atoms with E-state index >= 15 is 0 Å². The number of aryl methyl sites for hydroxylation is 1. The summed E-state index contributed by atoms with van der Waals surface area (Å²) < 4.78 is 36.9. The van der Waals surface area contributed by atoms with Crippen molar-refractivity contribution >= 4 is 12.1 Å². The van der Waals surface area contributed by atoms with Gasteiger partial charge in [-0.1, -0.05) is 24.3 Å². The quantitative estimate of drug-likeness (QED) is 0.152. The highest BCUT2D eigenvalue weighted by Gasteiger charge is 2.34. The molecule has 296 valence electrons. The lowest BCUT2D eigenvalue weighted by atomic mass is 9.86. The predicted octanol–water partition coefficient (Wildman–Crippen LogP) is 8.27. The molecule has 0 spiro atoms. The van der Waals surface area contributed by atoms with Crippen LogP contribution in [0, 0.1) is 6.92 Å². The molecule has 2 atom stereocenters. The first-order valence-electron chi connectivity index (χ1n) is 19.4. The second-order valence-electron chi connectivity index (χ2n) is 16.0. The molecule has 8 rings (SSSR count). The molecule has 0 unspecified atom stereocenters. The van der Waals surface area contributed by atoms with Crippen molar-refractivity contribution in [3.63, 3.8) is 0 Å². The van der Waals surface area contributed by atoms with Crippen LogP contribution in [0.5, 0.6) is 40.2 Å². The van der Waals surface area contributed by atoms with E-state index in [0.29, 0.717) is 40.9 Å². The van der Waals surface area contributed by atoms with Crippen LogP contribution >= 0.6 is 0 Å². The Morgan fingerprint density at radius 1 is 0.804 bits per heavy atom. The molecule has 1 amide bonds. The van der Waals surface area contributed by atoms with E-state index in [4.69, 9.17) is 28.4 Å². The van der Waals surface area contributed by atoms with Gasteiger partial charge in [0.1, 0.15) is 11.4 Å². The van der Waals surface area contributed by atoms with Crippen molar-refractivity contribution in [2.45, 2.75) is 77.5 Å². The number of carbonyl (C=O) groups excluding carboxylic acids is 2. The molecule has 4 heterocycles. The summed E-state index contributed by atoms with van der Waals surface area (Å²) in [6, 6.07) is 20.3. The molecule has 4 aliphatic rings. The maximum atomic E-state index is 13.1. The summed E-state index contributed by atoms with van der Waals surface area (Å²) in [4.78, 5) is 30.0. The minimum atomic E-state index is -0.644. The summed E-state index contributed by atoms with van der Waals surface area (Å²) in [5, 5.41) is 2.62. The van der Waals surface area contributed by atoms with Crippen LogP contribution in [0.3, 0.4) is 0 Å². The summed E-state index contributed by atoms with van der Waals surface area (Å²) in [5.74, 6) is 3.54. The number of benzene rings is 4. The van der Waals surface area contributed by atoms with E-state index in [-0.39, 0.29) is 30.8 Å². The third-order valence-electron chi connectivity index (χ3n) is 10.8. The molecule has 0 aromatic heterocycles. The number of amides is 1. The maximum Gasteiger partial charge on any atom is 0.407 e. The summed E-state index contributed by atoms with van der Waals surface area (Å²) in [5.41, 5.74) is 7.25. The van der Waals surface area contributed by atoms with E-state index in [2.05, 4.69) is 66.5 Å². The number of nitrogens with zero attached hydrogens (tertiary/aromatic N) is 2. The van der Waals surface area contributed by atoms with Gasteiger partial charge in [-0.25, -0.2) is 4.79 Å². The summed E-state index contributed by atoms with van der Waals surface area (Å²) >= 11 is 0. The van der Waals surface area contributed by atoms with E-state index in [1.165, 1.54) is 16.7 Å². The number of carbonyl (C=O) groups is 2. The predicted molar refractivity (Wildman–Crippen MR) is 214 cm³/mol. The van der Waals surface area contributed by atoms with Gasteiger partial charge in [-0.15, -0.1) is 0 Å². The van der Waals surface area contributed by atoms with Gasteiger partial charge in [0.2, 0.25) is 0 Å². The van der Waals surface area contributed by atoms with Gasteiger partial charge in [-0.2, -0.15) is 0 Å². The minimum absolute atomic E-state index is 0.0486. The van der Waals surface area contributed by atoms with Crippen LogP contribution in [-0.2, 0) is 35.2 Å². The molecule has 0 fully saturated rings. The molecular weight excluding hydrogens is 711 g/mol. The molecule has 56 heavy (non-hydrogen) atoms. The van der Waals surface area contributed by atoms with Crippen molar-refractivity contribution in [3.05, 3.63) is 99.6 Å². The fourth-order valence-corrected chi connectivity index (χ4v) is 8.02. The third-order valence-corrected chi connectivity index (χ3v) is 10.8. The first-order chi connectivity index (χ1) is 26.8. The first-order valence-corrected chi connectivity index (χ1v) is 19.4. The second-order valence-corrected chi connectivity index (χ2v) is 16.0. The van der Waals surface area contributed by atoms with E-state index in [1.54, 1.807) is 41.1 Å². The normalized spacial score (nSPS) is 18.0. The van der Waals surface area contributed by atoms with Crippen molar-refractivity contribution in [2.24, 2.45) is 0 Å². The molecular formula is C45H53N3O8. The average Bonchev–Trinajstić information content (AvgIpc) is 3.14. The van der Waals surface area contributed by atoms with Crippen LogP contribution in [0.25, 0.3) is 0 Å². The highest BCUT2D eigenvalue weighted by atomic mass is 16.6. The fraction of sp³-hybridized carbons (Fsp3) is 0.422. The molecule has 1 N–H and O–H groups in total. The monoisotopic (exact) mass is 763 g/mol. The van der Waals surface area contributed by atoms with Gasteiger partial charge in [0.05, 0.1) is 20.6 Å². The molecule has 4 aromatic rings. The van der Waals surface area contributed by atoms with Crippen molar-refractivity contribution in [1.29, 1.82) is 0 Å². The zero-order valence-electron chi connectivity index (χ0n) is 33.7. The van der Waals surface area contributed by atoms with Crippen molar-refractivity contribution < 1.29 is 38.0 Å².